The third-order valence-electron chi connectivity index (χ3n) is 1.06. The molecule has 0 rings (SSSR count). The van der Waals surface area contributed by atoms with Gasteiger partial charge in [0.2, 0.25) is 0 Å². The van der Waals surface area contributed by atoms with Gasteiger partial charge in [0.25, 0.3) is 0 Å². The Labute approximate surface area is 91.4 Å². The summed E-state index contributed by atoms with van der Waals surface area (Å²) in [6.45, 7) is 5.90. The third kappa shape index (κ3) is 16.0. The summed E-state index contributed by atoms with van der Waals surface area (Å²) >= 11 is 0. The van der Waals surface area contributed by atoms with Crippen LogP contribution in [0.15, 0.2) is 12.2 Å². The Morgan fingerprint density at radius 1 is 1.30 bits per heavy atom. The molecule has 0 aromatic carbocycles. The van der Waals surface area contributed by atoms with Gasteiger partial charge in [-0.15, -0.1) is 6.08 Å². The average Bonchev–Trinajstić information content (AvgIpc) is 1.81. The molecule has 0 atom stereocenters. The Balaban J connectivity index is -0.000000245. The molecule has 0 saturated carbocycles. The monoisotopic (exact) mass is 214 g/mol. The van der Waals surface area contributed by atoms with E-state index in [4.69, 9.17) is 0 Å². The molecule has 0 amide bonds. The Hall–Kier alpha value is 0.986. The molecule has 0 aliphatic carbocycles. The van der Waals surface area contributed by atoms with Crippen LogP contribution in [0.3, 0.4) is 0 Å². The van der Waals surface area contributed by atoms with Crippen molar-refractivity contribution in [3.63, 3.8) is 0 Å². The van der Waals surface area contributed by atoms with E-state index in [0.717, 1.165) is 6.42 Å². The number of allylic oxidation sites excluding steroid dienone is 2. The fraction of sp³-hybridized carbons (Fsp3) is 0.625. The van der Waals surface area contributed by atoms with E-state index in [1.807, 2.05) is 0 Å². The molecule has 10 heavy (non-hydrogen) atoms. The number of hydrogen-bond donors (Lipinski definition) is 0. The fourth-order valence-corrected chi connectivity index (χ4v) is 0.558. The predicted molar refractivity (Wildman–Crippen MR) is 44.4 cm³/mol. The van der Waals surface area contributed by atoms with Crippen LogP contribution in [0.2, 0.25) is 0 Å². The van der Waals surface area contributed by atoms with Crippen molar-refractivity contribution in [3.05, 3.63) is 19.1 Å². The Bertz CT molecular complexity index is 62.3. The first-order valence-electron chi connectivity index (χ1n) is 3.36. The van der Waals surface area contributed by atoms with Crippen molar-refractivity contribution in [2.75, 3.05) is 0 Å². The van der Waals surface area contributed by atoms with Gasteiger partial charge in [0.15, 0.2) is 0 Å². The number of hydrogen-bond acceptors (Lipinski definition) is 0. The molecule has 0 heterocycles. The molecule has 0 aliphatic rings. The Morgan fingerprint density at radius 3 is 2.30 bits per heavy atom. The molecule has 0 aromatic heterocycles. The van der Waals surface area contributed by atoms with Gasteiger partial charge >= 0.3 is 23.1 Å². The van der Waals surface area contributed by atoms with Crippen molar-refractivity contribution in [2.24, 2.45) is 0 Å². The van der Waals surface area contributed by atoms with Gasteiger partial charge in [0, 0.05) is 0 Å². The number of rotatable bonds is 4. The first-order valence-corrected chi connectivity index (χ1v) is 3.36. The maximum absolute atomic E-state index is 3.70. The molecule has 0 aliphatic heterocycles. The van der Waals surface area contributed by atoms with Crippen molar-refractivity contribution >= 4 is 23.1 Å². The minimum Gasteiger partial charge on any atom is -1.00 e. The molecule has 0 saturated heterocycles. The zero-order chi connectivity index (χ0) is 6.24. The van der Waals surface area contributed by atoms with Gasteiger partial charge in [-0.1, -0.05) is 25.8 Å². The van der Waals surface area contributed by atoms with Gasteiger partial charge in [-0.3, -0.25) is 0 Å². The molecule has 0 N–H and O–H groups in total. The molecular weight excluding hydrogens is 200 g/mol. The van der Waals surface area contributed by atoms with Gasteiger partial charge in [0.1, 0.15) is 0 Å². The molecule has 0 nitrogen and oxygen atoms in total. The SMILES string of the molecule is [Br-].[CH2-]C/C=C/CCCC.[Mg+2]. The van der Waals surface area contributed by atoms with Crippen molar-refractivity contribution in [1.29, 1.82) is 0 Å². The summed E-state index contributed by atoms with van der Waals surface area (Å²) in [6, 6.07) is 0. The maximum Gasteiger partial charge on any atom is 2.00 e. The average molecular weight is 215 g/mol. The summed E-state index contributed by atoms with van der Waals surface area (Å²) in [5.41, 5.74) is 0. The van der Waals surface area contributed by atoms with Crippen LogP contribution >= 0.6 is 0 Å². The van der Waals surface area contributed by atoms with Gasteiger partial charge in [0.05, 0.1) is 0 Å². The summed E-state index contributed by atoms with van der Waals surface area (Å²) in [7, 11) is 0. The second-order valence-corrected chi connectivity index (χ2v) is 1.90. The molecule has 0 radical (unpaired) electrons. The van der Waals surface area contributed by atoms with E-state index in [2.05, 4.69) is 26.0 Å². The second kappa shape index (κ2) is 16.5. The molecule has 56 valence electrons. The van der Waals surface area contributed by atoms with Gasteiger partial charge in [-0.05, 0) is 6.42 Å². The van der Waals surface area contributed by atoms with Gasteiger partial charge < -0.3 is 23.9 Å². The van der Waals surface area contributed by atoms with Crippen molar-refractivity contribution in [2.45, 2.75) is 32.6 Å². The van der Waals surface area contributed by atoms with E-state index in [-0.39, 0.29) is 40.0 Å². The topological polar surface area (TPSA) is 0 Å². The third-order valence-corrected chi connectivity index (χ3v) is 1.06. The summed E-state index contributed by atoms with van der Waals surface area (Å²) in [6.07, 6.45) is 9.10. The summed E-state index contributed by atoms with van der Waals surface area (Å²) in [4.78, 5) is 0. The molecular formula is C8H15BrMg. The fourth-order valence-electron chi connectivity index (χ4n) is 0.558. The molecule has 2 heteroatoms. The van der Waals surface area contributed by atoms with Crippen LogP contribution in [0.25, 0.3) is 0 Å². The second-order valence-electron chi connectivity index (χ2n) is 1.90. The van der Waals surface area contributed by atoms with Gasteiger partial charge in [-0.2, -0.15) is 6.42 Å². The predicted octanol–water partition coefficient (Wildman–Crippen LogP) is -0.420. The van der Waals surface area contributed by atoms with Gasteiger partial charge in [-0.25, -0.2) is 0 Å². The van der Waals surface area contributed by atoms with E-state index >= 15 is 0 Å². The largest absolute Gasteiger partial charge is 2.00 e. The van der Waals surface area contributed by atoms with E-state index < -0.39 is 0 Å². The van der Waals surface area contributed by atoms with Crippen LogP contribution < -0.4 is 17.0 Å². The number of unbranched alkanes of at least 4 members (excludes halogenated alkanes) is 2. The summed E-state index contributed by atoms with van der Waals surface area (Å²) < 4.78 is 0. The van der Waals surface area contributed by atoms with Crippen LogP contribution in [-0.4, -0.2) is 23.1 Å². The van der Waals surface area contributed by atoms with E-state index in [1.54, 1.807) is 0 Å². The van der Waals surface area contributed by atoms with Crippen molar-refractivity contribution in [1.82, 2.24) is 0 Å². The first-order chi connectivity index (χ1) is 3.91. The molecule has 0 unspecified atom stereocenters. The van der Waals surface area contributed by atoms with Crippen molar-refractivity contribution < 1.29 is 17.0 Å². The zero-order valence-electron chi connectivity index (χ0n) is 6.78. The Kier molecular flexibility index (Phi) is 28.4. The van der Waals surface area contributed by atoms with Crippen LogP contribution in [0.5, 0.6) is 0 Å². The van der Waals surface area contributed by atoms with E-state index in [9.17, 15) is 0 Å². The summed E-state index contributed by atoms with van der Waals surface area (Å²) in [5.74, 6) is 0. The summed E-state index contributed by atoms with van der Waals surface area (Å²) in [5, 5.41) is 0. The van der Waals surface area contributed by atoms with E-state index in [0.29, 0.717) is 0 Å². The first kappa shape index (κ1) is 17.2. The quantitative estimate of drug-likeness (QED) is 0.259. The molecule has 0 bridgehead atoms. The van der Waals surface area contributed by atoms with Crippen LogP contribution in [0.4, 0.5) is 0 Å². The normalized spacial score (nSPS) is 8.60. The van der Waals surface area contributed by atoms with Crippen LogP contribution in [-0.2, 0) is 0 Å². The zero-order valence-corrected chi connectivity index (χ0v) is 9.78. The number of halogens is 1. The molecule has 0 fully saturated rings. The van der Waals surface area contributed by atoms with Crippen molar-refractivity contribution in [3.8, 4) is 0 Å². The minimum absolute atomic E-state index is 0. The van der Waals surface area contributed by atoms with Crippen LogP contribution in [0, 0.1) is 6.92 Å². The van der Waals surface area contributed by atoms with Crippen LogP contribution in [0.1, 0.15) is 32.6 Å². The minimum atomic E-state index is 0. The Morgan fingerprint density at radius 2 is 1.90 bits per heavy atom. The standard InChI is InChI=1S/C8H15.BrH.Mg/c1-3-5-7-8-6-4-2;;/h5,7H,1,3-4,6,8H2,2H3;1H;/q-1;;+2/p-1/b7-5+;;. The molecule has 0 spiro atoms. The maximum atomic E-state index is 3.70. The smallest absolute Gasteiger partial charge is 1.00 e. The molecule has 0 aromatic rings. The van der Waals surface area contributed by atoms with E-state index in [1.165, 1.54) is 19.3 Å².